The van der Waals surface area contributed by atoms with Crippen LogP contribution in [0.1, 0.15) is 0 Å². The predicted octanol–water partition coefficient (Wildman–Crippen LogP) is 6.76. The fourth-order valence-corrected chi connectivity index (χ4v) is 4.91. The largest absolute Gasteiger partial charge is 0.309 e. The van der Waals surface area contributed by atoms with Crippen LogP contribution in [0.4, 0.5) is 0 Å². The first-order valence-electron chi connectivity index (χ1n) is 12.0. The van der Waals surface area contributed by atoms with Crippen LogP contribution in [0.25, 0.3) is 61.5 Å². The smallest absolute Gasteiger partial charge is 0.165 e. The summed E-state index contributed by atoms with van der Waals surface area (Å²) in [5, 5.41) is 2.42. The minimum atomic E-state index is 0.552. The van der Waals surface area contributed by atoms with Gasteiger partial charge in [-0.15, -0.1) is 0 Å². The number of rotatable bonds is 4. The van der Waals surface area contributed by atoms with E-state index in [4.69, 9.17) is 4.98 Å². The van der Waals surface area contributed by atoms with Crippen molar-refractivity contribution in [3.8, 4) is 39.7 Å². The van der Waals surface area contributed by atoms with Gasteiger partial charge >= 0.3 is 0 Å². The lowest BCUT2D eigenvalue weighted by Gasteiger charge is -2.13. The molecule has 4 aromatic heterocycles. The third-order valence-corrected chi connectivity index (χ3v) is 6.54. The zero-order valence-corrected chi connectivity index (χ0v) is 19.7. The molecule has 0 saturated heterocycles. The molecule has 0 radical (unpaired) electrons. The van der Waals surface area contributed by atoms with E-state index in [1.807, 2.05) is 36.4 Å². The second-order valence-corrected chi connectivity index (χ2v) is 8.66. The summed E-state index contributed by atoms with van der Waals surface area (Å²) in [7, 11) is 0. The molecular formula is C31H20N6. The average Bonchev–Trinajstić information content (AvgIpc) is 3.32. The van der Waals surface area contributed by atoms with E-state index in [0.29, 0.717) is 11.6 Å². The molecule has 7 rings (SSSR count). The second kappa shape index (κ2) is 8.77. The Morgan fingerprint density at radius 1 is 0.514 bits per heavy atom. The van der Waals surface area contributed by atoms with E-state index in [0.717, 1.165) is 39.1 Å². The van der Waals surface area contributed by atoms with Crippen molar-refractivity contribution in [3.63, 3.8) is 0 Å². The average molecular weight is 477 g/mol. The summed E-state index contributed by atoms with van der Waals surface area (Å²) < 4.78 is 2.28. The quantitative estimate of drug-likeness (QED) is 0.281. The molecule has 3 aromatic carbocycles. The van der Waals surface area contributed by atoms with Crippen LogP contribution in [0, 0.1) is 0 Å². The van der Waals surface area contributed by atoms with E-state index in [1.165, 1.54) is 10.8 Å². The second-order valence-electron chi connectivity index (χ2n) is 8.66. The van der Waals surface area contributed by atoms with E-state index in [1.54, 1.807) is 24.9 Å². The molecule has 0 spiro atoms. The van der Waals surface area contributed by atoms with Crippen molar-refractivity contribution in [3.05, 3.63) is 122 Å². The first-order valence-corrected chi connectivity index (χ1v) is 12.0. The Hall–Kier alpha value is -5.23. The summed E-state index contributed by atoms with van der Waals surface area (Å²) in [6.45, 7) is 0. The number of aromatic nitrogens is 6. The zero-order chi connectivity index (χ0) is 24.6. The third kappa shape index (κ3) is 3.54. The van der Waals surface area contributed by atoms with E-state index in [2.05, 4.69) is 85.2 Å². The van der Waals surface area contributed by atoms with Crippen LogP contribution in [-0.2, 0) is 0 Å². The van der Waals surface area contributed by atoms with Crippen molar-refractivity contribution in [1.29, 1.82) is 0 Å². The predicted molar refractivity (Wildman–Crippen MR) is 146 cm³/mol. The maximum atomic E-state index is 4.93. The molecule has 37 heavy (non-hydrogen) atoms. The first kappa shape index (κ1) is 21.1. The fourth-order valence-electron chi connectivity index (χ4n) is 4.91. The van der Waals surface area contributed by atoms with Crippen molar-refractivity contribution in [2.24, 2.45) is 0 Å². The number of fused-ring (bicyclic) bond motifs is 3. The van der Waals surface area contributed by atoms with Gasteiger partial charge in [0, 0.05) is 46.1 Å². The van der Waals surface area contributed by atoms with E-state index in [9.17, 15) is 0 Å². The summed E-state index contributed by atoms with van der Waals surface area (Å²) in [5.41, 5.74) is 6.76. The SMILES string of the molecule is c1ccc(-c2ccncc2-c2ncnc(-c3ccccc3-n3c4ccccc4c4ccccc43)n2)nc1. The number of hydrogen-bond donors (Lipinski definition) is 0. The monoisotopic (exact) mass is 476 g/mol. The molecule has 0 aliphatic rings. The van der Waals surface area contributed by atoms with Gasteiger partial charge in [0.25, 0.3) is 0 Å². The molecule has 0 N–H and O–H groups in total. The molecule has 0 atom stereocenters. The topological polar surface area (TPSA) is 69.4 Å². The number of pyridine rings is 2. The highest BCUT2D eigenvalue weighted by Crippen LogP contribution is 2.35. The zero-order valence-electron chi connectivity index (χ0n) is 19.7. The van der Waals surface area contributed by atoms with Gasteiger partial charge in [-0.05, 0) is 42.5 Å². The molecule has 6 nitrogen and oxygen atoms in total. The van der Waals surface area contributed by atoms with Gasteiger partial charge in [-0.25, -0.2) is 15.0 Å². The molecule has 0 saturated carbocycles. The Balaban J connectivity index is 1.43. The van der Waals surface area contributed by atoms with Crippen LogP contribution in [0.3, 0.4) is 0 Å². The maximum absolute atomic E-state index is 4.93. The summed E-state index contributed by atoms with van der Waals surface area (Å²) in [5.74, 6) is 1.15. The number of benzene rings is 3. The minimum absolute atomic E-state index is 0.552. The van der Waals surface area contributed by atoms with Gasteiger partial charge in [-0.2, -0.15) is 0 Å². The third-order valence-electron chi connectivity index (χ3n) is 6.54. The lowest BCUT2D eigenvalue weighted by molar-refractivity contribution is 1.05. The maximum Gasteiger partial charge on any atom is 0.165 e. The fraction of sp³-hybridized carbons (Fsp3) is 0. The van der Waals surface area contributed by atoms with Crippen molar-refractivity contribution in [2.75, 3.05) is 0 Å². The van der Waals surface area contributed by atoms with Gasteiger partial charge in [-0.3, -0.25) is 9.97 Å². The summed E-state index contributed by atoms with van der Waals surface area (Å²) >= 11 is 0. The highest BCUT2D eigenvalue weighted by molar-refractivity contribution is 6.09. The molecule has 0 bridgehead atoms. The minimum Gasteiger partial charge on any atom is -0.309 e. The molecule has 4 heterocycles. The lowest BCUT2D eigenvalue weighted by Crippen LogP contribution is -2.01. The summed E-state index contributed by atoms with van der Waals surface area (Å²) in [6, 6.07) is 32.9. The lowest BCUT2D eigenvalue weighted by atomic mass is 10.1. The number of para-hydroxylation sites is 3. The van der Waals surface area contributed by atoms with Crippen molar-refractivity contribution < 1.29 is 0 Å². The molecule has 174 valence electrons. The van der Waals surface area contributed by atoms with Gasteiger partial charge in [0.1, 0.15) is 6.33 Å². The van der Waals surface area contributed by atoms with Gasteiger partial charge < -0.3 is 4.57 Å². The van der Waals surface area contributed by atoms with Crippen LogP contribution in [0.5, 0.6) is 0 Å². The molecular weight excluding hydrogens is 456 g/mol. The first-order chi connectivity index (χ1) is 18.4. The van der Waals surface area contributed by atoms with Gasteiger partial charge in [0.2, 0.25) is 0 Å². The van der Waals surface area contributed by atoms with Crippen molar-refractivity contribution in [2.45, 2.75) is 0 Å². The number of nitrogens with zero attached hydrogens (tertiary/aromatic N) is 6. The summed E-state index contributed by atoms with van der Waals surface area (Å²) in [4.78, 5) is 22.9. The Labute approximate surface area is 213 Å². The molecule has 0 unspecified atom stereocenters. The van der Waals surface area contributed by atoms with Crippen LogP contribution in [0.15, 0.2) is 122 Å². The van der Waals surface area contributed by atoms with E-state index < -0.39 is 0 Å². The van der Waals surface area contributed by atoms with Gasteiger partial charge in [-0.1, -0.05) is 54.6 Å². The van der Waals surface area contributed by atoms with Crippen LogP contribution in [-0.4, -0.2) is 29.5 Å². The van der Waals surface area contributed by atoms with Crippen molar-refractivity contribution >= 4 is 21.8 Å². The summed E-state index contributed by atoms with van der Waals surface area (Å²) in [6.07, 6.45) is 6.88. The molecule has 0 fully saturated rings. The van der Waals surface area contributed by atoms with Crippen molar-refractivity contribution in [1.82, 2.24) is 29.5 Å². The van der Waals surface area contributed by atoms with Crippen LogP contribution < -0.4 is 0 Å². The van der Waals surface area contributed by atoms with E-state index in [-0.39, 0.29) is 0 Å². The molecule has 0 aliphatic carbocycles. The molecule has 6 heteroatoms. The van der Waals surface area contributed by atoms with Gasteiger partial charge in [0.15, 0.2) is 11.6 Å². The van der Waals surface area contributed by atoms with Crippen LogP contribution in [0.2, 0.25) is 0 Å². The standard InChI is InChI=1S/C31H20N6/c1-4-13-27-22(9-1)23-10-2-5-14-28(23)37(27)29-15-6-3-11-24(29)30-34-20-35-31(36-30)25-19-32-18-16-21(25)26-12-7-8-17-33-26/h1-20H. The molecule has 0 amide bonds. The highest BCUT2D eigenvalue weighted by atomic mass is 15.0. The Morgan fingerprint density at radius 3 is 1.95 bits per heavy atom. The Kier molecular flexibility index (Phi) is 5.00. The highest BCUT2D eigenvalue weighted by Gasteiger charge is 2.18. The molecule has 7 aromatic rings. The van der Waals surface area contributed by atoms with Crippen LogP contribution >= 0.6 is 0 Å². The Morgan fingerprint density at radius 2 is 1.19 bits per heavy atom. The number of hydrogen-bond acceptors (Lipinski definition) is 5. The van der Waals surface area contributed by atoms with Gasteiger partial charge in [0.05, 0.1) is 22.4 Å². The Bertz CT molecular complexity index is 1840. The molecule has 0 aliphatic heterocycles. The van der Waals surface area contributed by atoms with E-state index >= 15 is 0 Å². The normalized spacial score (nSPS) is 11.2.